The van der Waals surface area contributed by atoms with Crippen molar-refractivity contribution < 1.29 is 0 Å². The first-order valence-electron chi connectivity index (χ1n) is 21.5. The molecule has 0 bridgehead atoms. The third-order valence-electron chi connectivity index (χ3n) is 12.5. The Bertz CT molecular complexity index is 2940. The second-order valence-corrected chi connectivity index (χ2v) is 17.0. The van der Waals surface area contributed by atoms with Crippen molar-refractivity contribution in [3.8, 4) is 43.8 Å². The maximum Gasteiger partial charge on any atom is 0.0740 e. The Morgan fingerprint density at radius 3 is 1.95 bits per heavy atom. The van der Waals surface area contributed by atoms with Gasteiger partial charge in [-0.25, -0.2) is 0 Å². The van der Waals surface area contributed by atoms with E-state index in [1.807, 2.05) is 43.5 Å². The Kier molecular flexibility index (Phi) is 11.2. The molecular weight excluding hydrogens is 755 g/mol. The Morgan fingerprint density at radius 2 is 1.25 bits per heavy atom. The lowest BCUT2D eigenvalue weighted by atomic mass is 9.70. The van der Waals surface area contributed by atoms with Gasteiger partial charge in [0.05, 0.1) is 5.41 Å². The Balaban J connectivity index is 0.000000222. The lowest BCUT2D eigenvalue weighted by Gasteiger charge is -2.30. The molecule has 1 nitrogen and oxygen atoms in total. The first kappa shape index (κ1) is 39.9. The van der Waals surface area contributed by atoms with E-state index < -0.39 is 0 Å². The van der Waals surface area contributed by atoms with E-state index in [0.717, 1.165) is 16.7 Å². The fourth-order valence-corrected chi connectivity index (χ4v) is 11.0. The molecule has 0 saturated carbocycles. The summed E-state index contributed by atoms with van der Waals surface area (Å²) < 4.78 is 1.35. The van der Waals surface area contributed by atoms with E-state index in [2.05, 4.69) is 201 Å². The number of allylic oxidation sites excluding steroid dienone is 6. The summed E-state index contributed by atoms with van der Waals surface area (Å²) in [6.07, 6.45) is 10.3. The van der Waals surface area contributed by atoms with Crippen molar-refractivity contribution in [2.24, 2.45) is 0 Å². The van der Waals surface area contributed by atoms with Gasteiger partial charge in [-0.05, 0) is 121 Å². The summed E-state index contributed by atoms with van der Waals surface area (Å²) in [4.78, 5) is 1.40. The lowest BCUT2D eigenvalue weighted by Crippen LogP contribution is -2.25. The topological polar surface area (TPSA) is 12.0 Å². The SMILES string of the molecule is C=C/C=C(\C=C/C)C(=C)c1ccc(-c2ccc3c(c2)-c2ccccc2C32c3ccccc3-c3sc4ccccc4c32)cc1.CCCC(NC)c1ccc(-c2ccccc2)cc1. The molecule has 2 heteroatoms. The minimum absolute atomic E-state index is 0.321. The quantitative estimate of drug-likeness (QED) is 0.136. The van der Waals surface area contributed by atoms with Crippen LogP contribution in [-0.2, 0) is 5.41 Å². The van der Waals surface area contributed by atoms with Crippen LogP contribution in [0.15, 0.2) is 213 Å². The summed E-state index contributed by atoms with van der Waals surface area (Å²) in [7, 11) is 2.03. The molecule has 0 saturated heterocycles. The van der Waals surface area contributed by atoms with Crippen LogP contribution in [0.5, 0.6) is 0 Å². The summed E-state index contributed by atoms with van der Waals surface area (Å²) in [6, 6.07) is 62.8. The number of benzene rings is 7. The summed E-state index contributed by atoms with van der Waals surface area (Å²) >= 11 is 1.93. The highest BCUT2D eigenvalue weighted by molar-refractivity contribution is 7.22. The van der Waals surface area contributed by atoms with Gasteiger partial charge in [-0.2, -0.15) is 0 Å². The van der Waals surface area contributed by atoms with E-state index >= 15 is 0 Å². The molecule has 61 heavy (non-hydrogen) atoms. The van der Waals surface area contributed by atoms with Crippen LogP contribution in [0.4, 0.5) is 0 Å². The zero-order valence-electron chi connectivity index (χ0n) is 35.3. The molecule has 0 radical (unpaired) electrons. The van der Waals surface area contributed by atoms with E-state index in [9.17, 15) is 0 Å². The molecule has 10 rings (SSSR count). The van der Waals surface area contributed by atoms with Gasteiger partial charge in [-0.1, -0.05) is 209 Å². The van der Waals surface area contributed by atoms with Crippen LogP contribution in [-0.4, -0.2) is 7.05 Å². The van der Waals surface area contributed by atoms with Crippen LogP contribution in [0, 0.1) is 0 Å². The van der Waals surface area contributed by atoms with E-state index in [4.69, 9.17) is 0 Å². The molecule has 298 valence electrons. The average molecular weight is 806 g/mol. The summed E-state index contributed by atoms with van der Waals surface area (Å²) in [5, 5.41) is 4.74. The fourth-order valence-electron chi connectivity index (χ4n) is 9.67. The van der Waals surface area contributed by atoms with Crippen molar-refractivity contribution in [2.45, 2.75) is 38.1 Å². The second-order valence-electron chi connectivity index (χ2n) is 15.9. The maximum absolute atomic E-state index is 4.37. The molecular formula is C59H51NS. The summed E-state index contributed by atoms with van der Waals surface area (Å²) in [5.41, 5.74) is 18.8. The predicted octanol–water partition coefficient (Wildman–Crippen LogP) is 16.0. The molecule has 7 aromatic carbocycles. The van der Waals surface area contributed by atoms with E-state index in [0.29, 0.717) is 6.04 Å². The fraction of sp³-hybridized carbons (Fsp3) is 0.119. The van der Waals surface area contributed by atoms with Crippen molar-refractivity contribution in [2.75, 3.05) is 7.05 Å². The van der Waals surface area contributed by atoms with Crippen LogP contribution in [0.1, 0.15) is 66.1 Å². The van der Waals surface area contributed by atoms with E-state index in [1.165, 1.54) is 94.6 Å². The Morgan fingerprint density at radius 1 is 0.656 bits per heavy atom. The van der Waals surface area contributed by atoms with E-state index in [-0.39, 0.29) is 5.41 Å². The molecule has 8 aromatic rings. The molecule has 2 aliphatic rings. The first-order chi connectivity index (χ1) is 30.0. The number of nitrogens with one attached hydrogen (secondary N) is 1. The molecule has 1 aromatic heterocycles. The van der Waals surface area contributed by atoms with Gasteiger partial charge in [-0.3, -0.25) is 0 Å². The summed E-state index contributed by atoms with van der Waals surface area (Å²) in [5.74, 6) is 0. The third-order valence-corrected chi connectivity index (χ3v) is 13.7. The van der Waals surface area contributed by atoms with Crippen molar-refractivity contribution in [1.29, 1.82) is 0 Å². The molecule has 2 aliphatic carbocycles. The third kappa shape index (κ3) is 6.96. The average Bonchev–Trinajstić information content (AvgIpc) is 3.95. The van der Waals surface area contributed by atoms with Crippen LogP contribution >= 0.6 is 11.3 Å². The van der Waals surface area contributed by atoms with Gasteiger partial charge in [0, 0.05) is 15.6 Å². The van der Waals surface area contributed by atoms with Gasteiger partial charge in [0.2, 0.25) is 0 Å². The minimum atomic E-state index is -0.321. The van der Waals surface area contributed by atoms with Gasteiger partial charge in [0.15, 0.2) is 0 Å². The summed E-state index contributed by atoms with van der Waals surface area (Å²) in [6.45, 7) is 12.5. The highest BCUT2D eigenvalue weighted by atomic mass is 32.1. The van der Waals surface area contributed by atoms with Gasteiger partial charge in [0.25, 0.3) is 0 Å². The molecule has 1 heterocycles. The van der Waals surface area contributed by atoms with Gasteiger partial charge in [0.1, 0.15) is 0 Å². The second kappa shape index (κ2) is 17.2. The smallest absolute Gasteiger partial charge is 0.0740 e. The van der Waals surface area contributed by atoms with E-state index in [1.54, 1.807) is 0 Å². The standard InChI is InChI=1S/C42H30S.C17H21N/c1-4-12-28(13-5-2)27(3)29-20-22-30(23-21-29)31-24-25-38-35(26-31)32-14-6-9-17-36(32)42(38)37-18-10-7-15-33(37)41-40(42)34-16-8-11-19-39(34)43-41;1-3-7-17(18-2)16-12-10-15(11-13-16)14-8-5-4-6-9-14/h4-26H,1,3H2,2H3;4-6,8-13,17-18H,3,7H2,1-2H3/b13-5-,28-12+;. The zero-order chi connectivity index (χ0) is 41.9. The maximum atomic E-state index is 4.37. The normalized spacial score (nSPS) is 15.2. The highest BCUT2D eigenvalue weighted by Crippen LogP contribution is 2.66. The molecule has 0 amide bonds. The number of thiophene rings is 1. The van der Waals surface area contributed by atoms with Crippen molar-refractivity contribution >= 4 is 27.0 Å². The van der Waals surface area contributed by atoms with Crippen molar-refractivity contribution in [1.82, 2.24) is 5.32 Å². The predicted molar refractivity (Wildman–Crippen MR) is 264 cm³/mol. The van der Waals surface area contributed by atoms with Crippen molar-refractivity contribution in [3.63, 3.8) is 0 Å². The van der Waals surface area contributed by atoms with Gasteiger partial charge >= 0.3 is 0 Å². The Hall–Kier alpha value is -6.58. The monoisotopic (exact) mass is 805 g/mol. The minimum Gasteiger partial charge on any atom is -0.313 e. The van der Waals surface area contributed by atoms with Gasteiger partial charge in [-0.15, -0.1) is 11.3 Å². The Labute approximate surface area is 365 Å². The van der Waals surface area contributed by atoms with Crippen LogP contribution < -0.4 is 5.32 Å². The first-order valence-corrected chi connectivity index (χ1v) is 22.3. The largest absolute Gasteiger partial charge is 0.313 e. The molecule has 0 fully saturated rings. The zero-order valence-corrected chi connectivity index (χ0v) is 36.1. The molecule has 1 spiro atoms. The molecule has 2 unspecified atom stereocenters. The molecule has 2 atom stereocenters. The number of hydrogen-bond acceptors (Lipinski definition) is 2. The van der Waals surface area contributed by atoms with Crippen LogP contribution in [0.2, 0.25) is 0 Å². The van der Waals surface area contributed by atoms with Crippen LogP contribution in [0.25, 0.3) is 59.5 Å². The van der Waals surface area contributed by atoms with Crippen molar-refractivity contribution in [3.05, 3.63) is 246 Å². The van der Waals surface area contributed by atoms with Gasteiger partial charge < -0.3 is 5.32 Å². The number of rotatable bonds is 10. The number of fused-ring (bicyclic) bond motifs is 12. The van der Waals surface area contributed by atoms with Crippen LogP contribution in [0.3, 0.4) is 0 Å². The molecule has 0 aliphatic heterocycles. The lowest BCUT2D eigenvalue weighted by molar-refractivity contribution is 0.542. The number of hydrogen-bond donors (Lipinski definition) is 1. The highest BCUT2D eigenvalue weighted by Gasteiger charge is 2.53. The molecule has 1 N–H and O–H groups in total.